The highest BCUT2D eigenvalue weighted by Gasteiger charge is 2.16. The maximum Gasteiger partial charge on any atom is 0.220 e. The van der Waals surface area contributed by atoms with Gasteiger partial charge in [0.15, 0.2) is 11.5 Å². The molecule has 1 fully saturated rings. The lowest BCUT2D eigenvalue weighted by Gasteiger charge is -2.20. The van der Waals surface area contributed by atoms with Gasteiger partial charge in [0.05, 0.1) is 0 Å². The number of carbonyl (C=O) groups is 1. The average molecular weight is 287 g/mol. The van der Waals surface area contributed by atoms with E-state index >= 15 is 0 Å². The summed E-state index contributed by atoms with van der Waals surface area (Å²) in [4.78, 5) is 19.8. The zero-order valence-electron chi connectivity index (χ0n) is 12.1. The lowest BCUT2D eigenvalue weighted by molar-refractivity contribution is -0.122. The molecule has 0 radical (unpaired) electrons. The second kappa shape index (κ2) is 8.20. The summed E-state index contributed by atoms with van der Waals surface area (Å²) in [5, 5.41) is 14.8. The fourth-order valence-electron chi connectivity index (χ4n) is 2.66. The quantitative estimate of drug-likeness (QED) is 0.779. The van der Waals surface area contributed by atoms with Gasteiger partial charge in [-0.3, -0.25) is 4.79 Å². The summed E-state index contributed by atoms with van der Waals surface area (Å²) < 4.78 is 0. The zero-order valence-corrected chi connectivity index (χ0v) is 12.1. The van der Waals surface area contributed by atoms with Gasteiger partial charge in [-0.25, -0.2) is 9.97 Å². The molecule has 112 valence electrons. The number of nitrogens with zero attached hydrogens (tertiary/aromatic N) is 3. The van der Waals surface area contributed by atoms with Gasteiger partial charge < -0.3 is 10.6 Å². The van der Waals surface area contributed by atoms with Crippen LogP contribution in [0.25, 0.3) is 0 Å². The van der Waals surface area contributed by atoms with Gasteiger partial charge in [-0.15, -0.1) is 0 Å². The van der Waals surface area contributed by atoms with E-state index in [-0.39, 0.29) is 11.6 Å². The maximum absolute atomic E-state index is 11.8. The molecular formula is C15H21N5O. The van der Waals surface area contributed by atoms with Gasteiger partial charge in [0.2, 0.25) is 5.91 Å². The van der Waals surface area contributed by atoms with E-state index in [0.717, 1.165) is 0 Å². The summed E-state index contributed by atoms with van der Waals surface area (Å²) in [6, 6.07) is 1.98. The minimum absolute atomic E-state index is 0.114. The van der Waals surface area contributed by atoms with Crippen molar-refractivity contribution in [2.75, 3.05) is 18.4 Å². The van der Waals surface area contributed by atoms with Gasteiger partial charge in [-0.1, -0.05) is 19.3 Å². The highest BCUT2D eigenvalue weighted by atomic mass is 16.1. The van der Waals surface area contributed by atoms with Gasteiger partial charge in [-0.2, -0.15) is 5.26 Å². The molecule has 0 aliphatic heterocycles. The van der Waals surface area contributed by atoms with Crippen LogP contribution in [-0.2, 0) is 4.79 Å². The molecule has 1 aromatic rings. The smallest absolute Gasteiger partial charge is 0.220 e. The van der Waals surface area contributed by atoms with E-state index in [1.165, 1.54) is 44.5 Å². The molecule has 0 atom stereocenters. The third-order valence-corrected chi connectivity index (χ3v) is 3.74. The summed E-state index contributed by atoms with van der Waals surface area (Å²) in [6.45, 7) is 1.05. The van der Waals surface area contributed by atoms with Crippen LogP contribution in [0.3, 0.4) is 0 Å². The minimum Gasteiger partial charge on any atom is -0.366 e. The Morgan fingerprint density at radius 1 is 1.24 bits per heavy atom. The Kier molecular flexibility index (Phi) is 5.95. The third kappa shape index (κ3) is 5.03. The lowest BCUT2D eigenvalue weighted by Crippen LogP contribution is -2.30. The summed E-state index contributed by atoms with van der Waals surface area (Å²) >= 11 is 0. The molecule has 0 unspecified atom stereocenters. The maximum atomic E-state index is 11.8. The molecule has 1 saturated carbocycles. The average Bonchev–Trinajstić information content (AvgIpc) is 2.53. The van der Waals surface area contributed by atoms with Crippen LogP contribution in [0.5, 0.6) is 0 Å². The monoisotopic (exact) mass is 287 g/mol. The number of aromatic nitrogens is 2. The van der Waals surface area contributed by atoms with Crippen LogP contribution in [0.15, 0.2) is 12.4 Å². The van der Waals surface area contributed by atoms with Crippen molar-refractivity contribution in [3.05, 3.63) is 18.1 Å². The van der Waals surface area contributed by atoms with E-state index < -0.39 is 0 Å². The number of rotatable bonds is 6. The van der Waals surface area contributed by atoms with E-state index in [0.29, 0.717) is 31.2 Å². The Balaban J connectivity index is 1.65. The second-order valence-electron chi connectivity index (χ2n) is 5.35. The molecule has 1 amide bonds. The molecule has 0 spiro atoms. The molecule has 2 N–H and O–H groups in total. The standard InChI is InChI=1S/C15H21N5O/c16-11-13-15(19-8-6-17-13)20-9-7-18-14(21)10-12-4-2-1-3-5-12/h6,8,12H,1-5,7,9-10H2,(H,18,21)(H,19,20). The van der Waals surface area contributed by atoms with E-state index in [9.17, 15) is 4.79 Å². The van der Waals surface area contributed by atoms with Gasteiger partial charge >= 0.3 is 0 Å². The minimum atomic E-state index is 0.114. The third-order valence-electron chi connectivity index (χ3n) is 3.74. The Labute approximate surface area is 125 Å². The topological polar surface area (TPSA) is 90.7 Å². The summed E-state index contributed by atoms with van der Waals surface area (Å²) in [5.74, 6) is 1.13. The number of amides is 1. The number of nitriles is 1. The Hall–Kier alpha value is -2.16. The molecule has 1 aliphatic rings. The molecule has 0 bridgehead atoms. The number of carbonyl (C=O) groups excluding carboxylic acids is 1. The highest BCUT2D eigenvalue weighted by molar-refractivity contribution is 5.76. The van der Waals surface area contributed by atoms with Gasteiger partial charge in [0.1, 0.15) is 6.07 Å². The van der Waals surface area contributed by atoms with E-state index in [1.807, 2.05) is 6.07 Å². The van der Waals surface area contributed by atoms with Crippen LogP contribution in [0.4, 0.5) is 5.82 Å². The highest BCUT2D eigenvalue weighted by Crippen LogP contribution is 2.25. The van der Waals surface area contributed by atoms with Crippen LogP contribution < -0.4 is 10.6 Å². The first-order valence-electron chi connectivity index (χ1n) is 7.51. The first kappa shape index (κ1) is 15.2. The van der Waals surface area contributed by atoms with Crippen molar-refractivity contribution in [1.29, 1.82) is 5.26 Å². The predicted octanol–water partition coefficient (Wildman–Crippen LogP) is 1.85. The van der Waals surface area contributed by atoms with Crippen molar-refractivity contribution in [3.63, 3.8) is 0 Å². The Morgan fingerprint density at radius 2 is 2.00 bits per heavy atom. The molecule has 2 rings (SSSR count). The van der Waals surface area contributed by atoms with Crippen molar-refractivity contribution in [2.45, 2.75) is 38.5 Å². The van der Waals surface area contributed by atoms with Crippen molar-refractivity contribution in [3.8, 4) is 6.07 Å². The van der Waals surface area contributed by atoms with Crippen molar-refractivity contribution < 1.29 is 4.79 Å². The molecule has 1 aliphatic carbocycles. The van der Waals surface area contributed by atoms with Crippen LogP contribution in [0.1, 0.15) is 44.2 Å². The van der Waals surface area contributed by atoms with Crippen molar-refractivity contribution in [1.82, 2.24) is 15.3 Å². The van der Waals surface area contributed by atoms with Crippen LogP contribution >= 0.6 is 0 Å². The van der Waals surface area contributed by atoms with Gasteiger partial charge in [0.25, 0.3) is 0 Å². The normalized spacial score (nSPS) is 15.2. The Bertz CT molecular complexity index is 505. The summed E-state index contributed by atoms with van der Waals surface area (Å²) in [7, 11) is 0. The fraction of sp³-hybridized carbons (Fsp3) is 0.600. The number of hydrogen-bond donors (Lipinski definition) is 2. The molecule has 0 saturated heterocycles. The molecule has 6 heteroatoms. The van der Waals surface area contributed by atoms with Crippen LogP contribution in [0.2, 0.25) is 0 Å². The second-order valence-corrected chi connectivity index (χ2v) is 5.35. The number of nitrogens with one attached hydrogen (secondary N) is 2. The molecule has 0 aromatic carbocycles. The molecular weight excluding hydrogens is 266 g/mol. The molecule has 6 nitrogen and oxygen atoms in total. The van der Waals surface area contributed by atoms with Crippen molar-refractivity contribution >= 4 is 11.7 Å². The largest absolute Gasteiger partial charge is 0.366 e. The predicted molar refractivity (Wildman–Crippen MR) is 79.4 cm³/mol. The van der Waals surface area contributed by atoms with E-state index in [4.69, 9.17) is 5.26 Å². The number of hydrogen-bond acceptors (Lipinski definition) is 5. The molecule has 21 heavy (non-hydrogen) atoms. The van der Waals surface area contributed by atoms with E-state index in [2.05, 4.69) is 20.6 Å². The zero-order chi connectivity index (χ0) is 14.9. The van der Waals surface area contributed by atoms with Gasteiger partial charge in [0, 0.05) is 31.9 Å². The van der Waals surface area contributed by atoms with Gasteiger partial charge in [-0.05, 0) is 18.8 Å². The summed E-state index contributed by atoms with van der Waals surface area (Å²) in [5.41, 5.74) is 0.269. The molecule has 1 aromatic heterocycles. The van der Waals surface area contributed by atoms with Crippen molar-refractivity contribution in [2.24, 2.45) is 5.92 Å². The SMILES string of the molecule is N#Cc1nccnc1NCCNC(=O)CC1CCCCC1. The lowest BCUT2D eigenvalue weighted by atomic mass is 9.87. The number of anilines is 1. The summed E-state index contributed by atoms with van der Waals surface area (Å²) in [6.07, 6.45) is 9.82. The Morgan fingerprint density at radius 3 is 2.76 bits per heavy atom. The fourth-order valence-corrected chi connectivity index (χ4v) is 2.66. The van der Waals surface area contributed by atoms with Crippen LogP contribution in [-0.4, -0.2) is 29.0 Å². The first-order chi connectivity index (χ1) is 10.3. The van der Waals surface area contributed by atoms with E-state index in [1.54, 1.807) is 0 Å². The van der Waals surface area contributed by atoms with Crippen LogP contribution in [0, 0.1) is 17.2 Å². The first-order valence-corrected chi connectivity index (χ1v) is 7.51. The molecule has 1 heterocycles.